The highest BCUT2D eigenvalue weighted by Gasteiger charge is 2.24. The van der Waals surface area contributed by atoms with E-state index in [1.807, 2.05) is 11.8 Å². The summed E-state index contributed by atoms with van der Waals surface area (Å²) in [6.45, 7) is 4.52. The number of likely N-dealkylation sites (tertiary alicyclic amines) is 2. The molecule has 0 saturated carbocycles. The largest absolute Gasteiger partial charge is 0.341 e. The van der Waals surface area contributed by atoms with Gasteiger partial charge in [0, 0.05) is 43.7 Å². The molecule has 0 aromatic heterocycles. The molecule has 152 valence electrons. The van der Waals surface area contributed by atoms with Gasteiger partial charge in [0.2, 0.25) is 5.91 Å². The highest BCUT2D eigenvalue weighted by Crippen LogP contribution is 2.24. The first-order chi connectivity index (χ1) is 13.4. The van der Waals surface area contributed by atoms with Crippen LogP contribution in [0.5, 0.6) is 0 Å². The molecule has 0 radical (unpaired) electrons. The van der Waals surface area contributed by atoms with Crippen molar-refractivity contribution in [3.05, 3.63) is 28.8 Å². The minimum absolute atomic E-state index is 0.0950. The third-order valence-corrected chi connectivity index (χ3v) is 5.38. The molecule has 4 amide bonds. The molecular formula is C20H27ClN4O3. The summed E-state index contributed by atoms with van der Waals surface area (Å²) in [5.41, 5.74) is 0.828. The van der Waals surface area contributed by atoms with Gasteiger partial charge in [-0.3, -0.25) is 9.59 Å². The van der Waals surface area contributed by atoms with Crippen molar-refractivity contribution in [2.24, 2.45) is 0 Å². The maximum absolute atomic E-state index is 12.9. The van der Waals surface area contributed by atoms with Crippen molar-refractivity contribution in [1.29, 1.82) is 0 Å². The summed E-state index contributed by atoms with van der Waals surface area (Å²) in [4.78, 5) is 40.6. The molecule has 0 aliphatic carbocycles. The van der Waals surface area contributed by atoms with Gasteiger partial charge in [-0.15, -0.1) is 0 Å². The summed E-state index contributed by atoms with van der Waals surface area (Å²) in [7, 11) is 0. The molecule has 2 heterocycles. The van der Waals surface area contributed by atoms with Gasteiger partial charge in [0.25, 0.3) is 5.91 Å². The minimum Gasteiger partial charge on any atom is -0.341 e. The lowest BCUT2D eigenvalue weighted by molar-refractivity contribution is -0.127. The predicted octanol–water partition coefficient (Wildman–Crippen LogP) is 3.10. The van der Waals surface area contributed by atoms with E-state index in [1.165, 1.54) is 0 Å². The molecule has 0 spiro atoms. The van der Waals surface area contributed by atoms with Crippen LogP contribution in [-0.2, 0) is 4.79 Å². The van der Waals surface area contributed by atoms with Crippen molar-refractivity contribution in [2.45, 2.75) is 45.1 Å². The second-order valence-electron chi connectivity index (χ2n) is 7.49. The number of carbonyl (C=O) groups is 3. The van der Waals surface area contributed by atoms with Crippen molar-refractivity contribution in [3.8, 4) is 0 Å². The van der Waals surface area contributed by atoms with Crippen LogP contribution >= 0.6 is 11.6 Å². The number of hydrogen-bond donors (Lipinski definition) is 2. The molecule has 2 aliphatic rings. The van der Waals surface area contributed by atoms with E-state index in [2.05, 4.69) is 10.6 Å². The zero-order chi connectivity index (χ0) is 20.1. The van der Waals surface area contributed by atoms with Crippen LogP contribution in [0.4, 0.5) is 10.5 Å². The fourth-order valence-corrected chi connectivity index (χ4v) is 3.90. The minimum atomic E-state index is -0.422. The van der Waals surface area contributed by atoms with E-state index in [1.54, 1.807) is 23.1 Å². The van der Waals surface area contributed by atoms with Gasteiger partial charge in [-0.05, 0) is 50.8 Å². The average molecular weight is 407 g/mol. The number of piperidine rings is 1. The molecule has 0 unspecified atom stereocenters. The first-order valence-electron chi connectivity index (χ1n) is 9.88. The molecule has 8 heteroatoms. The first kappa shape index (κ1) is 20.5. The molecule has 1 atom stereocenters. The Hall–Kier alpha value is -2.28. The van der Waals surface area contributed by atoms with Gasteiger partial charge in [0.05, 0.1) is 11.3 Å². The quantitative estimate of drug-likeness (QED) is 0.788. The molecule has 3 rings (SSSR count). The van der Waals surface area contributed by atoms with Gasteiger partial charge >= 0.3 is 6.03 Å². The van der Waals surface area contributed by atoms with E-state index in [-0.39, 0.29) is 17.9 Å². The summed E-state index contributed by atoms with van der Waals surface area (Å²) in [6.07, 6.45) is 4.56. The second-order valence-corrected chi connectivity index (χ2v) is 7.92. The summed E-state index contributed by atoms with van der Waals surface area (Å²) in [5, 5.41) is 6.03. The van der Waals surface area contributed by atoms with Crippen molar-refractivity contribution >= 4 is 35.1 Å². The molecular weight excluding hydrogens is 380 g/mol. The number of hydrogen-bond acceptors (Lipinski definition) is 3. The lowest BCUT2D eigenvalue weighted by atomic mass is 10.1. The third kappa shape index (κ3) is 5.16. The number of urea groups is 1. The second kappa shape index (κ2) is 9.28. The standard InChI is InChI=1S/C20H27ClN4O3/c1-14(13-25-11-5-6-18(25)26)22-20(28)23-17-12-15(21)7-8-16(17)19(27)24-9-3-2-4-10-24/h7-8,12,14H,2-6,9-11,13H2,1H3,(H2,22,23,28)/t14-/m0/s1. The summed E-state index contributed by atoms with van der Waals surface area (Å²) < 4.78 is 0. The lowest BCUT2D eigenvalue weighted by Crippen LogP contribution is -2.44. The zero-order valence-electron chi connectivity index (χ0n) is 16.2. The van der Waals surface area contributed by atoms with Gasteiger partial charge in [0.15, 0.2) is 0 Å². The number of carbonyl (C=O) groups excluding carboxylic acids is 3. The van der Waals surface area contributed by atoms with Crippen LogP contribution in [-0.4, -0.2) is 59.9 Å². The Morgan fingerprint density at radius 3 is 2.57 bits per heavy atom. The molecule has 1 aromatic carbocycles. The Kier molecular flexibility index (Phi) is 6.78. The van der Waals surface area contributed by atoms with Crippen molar-refractivity contribution in [2.75, 3.05) is 31.5 Å². The number of halogens is 1. The third-order valence-electron chi connectivity index (χ3n) is 5.15. The number of amides is 4. The number of rotatable bonds is 5. The van der Waals surface area contributed by atoms with Gasteiger partial charge in [-0.2, -0.15) is 0 Å². The number of nitrogens with zero attached hydrogens (tertiary/aromatic N) is 2. The summed E-state index contributed by atoms with van der Waals surface area (Å²) in [6, 6.07) is 4.27. The Labute approximate surface area is 170 Å². The molecule has 2 saturated heterocycles. The van der Waals surface area contributed by atoms with E-state index in [0.29, 0.717) is 29.2 Å². The highest BCUT2D eigenvalue weighted by molar-refractivity contribution is 6.31. The number of benzene rings is 1. The SMILES string of the molecule is C[C@@H](CN1CCCC1=O)NC(=O)Nc1cc(Cl)ccc1C(=O)N1CCCCC1. The van der Waals surface area contributed by atoms with Crippen LogP contribution in [0.25, 0.3) is 0 Å². The normalized spacial score (nSPS) is 18.1. The fraction of sp³-hybridized carbons (Fsp3) is 0.550. The van der Waals surface area contributed by atoms with Crippen molar-refractivity contribution < 1.29 is 14.4 Å². The van der Waals surface area contributed by atoms with Crippen LogP contribution in [0.1, 0.15) is 49.4 Å². The van der Waals surface area contributed by atoms with E-state index >= 15 is 0 Å². The molecule has 7 nitrogen and oxygen atoms in total. The monoisotopic (exact) mass is 406 g/mol. The van der Waals surface area contributed by atoms with Gasteiger partial charge < -0.3 is 20.4 Å². The molecule has 1 aromatic rings. The molecule has 2 aliphatic heterocycles. The highest BCUT2D eigenvalue weighted by atomic mass is 35.5. The number of anilines is 1. The average Bonchev–Trinajstić information content (AvgIpc) is 3.06. The topological polar surface area (TPSA) is 81.8 Å². The lowest BCUT2D eigenvalue weighted by Gasteiger charge is -2.27. The van der Waals surface area contributed by atoms with Crippen LogP contribution in [0.15, 0.2) is 18.2 Å². The van der Waals surface area contributed by atoms with Gasteiger partial charge in [-0.25, -0.2) is 4.79 Å². The first-order valence-corrected chi connectivity index (χ1v) is 10.3. The Morgan fingerprint density at radius 2 is 1.89 bits per heavy atom. The number of nitrogens with one attached hydrogen (secondary N) is 2. The van der Waals surface area contributed by atoms with Crippen LogP contribution in [0.3, 0.4) is 0 Å². The summed E-state index contributed by atoms with van der Waals surface area (Å²) in [5.74, 6) is 0.0284. The van der Waals surface area contributed by atoms with Crippen LogP contribution in [0.2, 0.25) is 5.02 Å². The Bertz CT molecular complexity index is 749. The Balaban J connectivity index is 1.63. The van der Waals surface area contributed by atoms with Gasteiger partial charge in [0.1, 0.15) is 0 Å². The molecule has 2 N–H and O–H groups in total. The summed E-state index contributed by atoms with van der Waals surface area (Å²) >= 11 is 6.09. The van der Waals surface area contributed by atoms with E-state index < -0.39 is 6.03 Å². The maximum atomic E-state index is 12.9. The van der Waals surface area contributed by atoms with E-state index in [0.717, 1.165) is 45.3 Å². The maximum Gasteiger partial charge on any atom is 0.319 e. The predicted molar refractivity (Wildman–Crippen MR) is 109 cm³/mol. The smallest absolute Gasteiger partial charge is 0.319 e. The van der Waals surface area contributed by atoms with Crippen molar-refractivity contribution in [3.63, 3.8) is 0 Å². The van der Waals surface area contributed by atoms with Crippen molar-refractivity contribution in [1.82, 2.24) is 15.1 Å². The van der Waals surface area contributed by atoms with Crippen LogP contribution < -0.4 is 10.6 Å². The van der Waals surface area contributed by atoms with E-state index in [4.69, 9.17) is 11.6 Å². The molecule has 2 fully saturated rings. The molecule has 0 bridgehead atoms. The van der Waals surface area contributed by atoms with E-state index in [9.17, 15) is 14.4 Å². The zero-order valence-corrected chi connectivity index (χ0v) is 16.9. The van der Waals surface area contributed by atoms with Crippen LogP contribution in [0, 0.1) is 0 Å². The van der Waals surface area contributed by atoms with Gasteiger partial charge in [-0.1, -0.05) is 11.6 Å². The Morgan fingerprint density at radius 1 is 1.14 bits per heavy atom. The fourth-order valence-electron chi connectivity index (χ4n) is 3.73. The molecule has 28 heavy (non-hydrogen) atoms.